The Morgan fingerprint density at radius 3 is 2.85 bits per heavy atom. The highest BCUT2D eigenvalue weighted by Crippen LogP contribution is 2.50. The number of hydrogen-bond acceptors (Lipinski definition) is 4. The summed E-state index contributed by atoms with van der Waals surface area (Å²) in [5.74, 6) is 0.189. The Morgan fingerprint density at radius 2 is 2.15 bits per heavy atom. The van der Waals surface area contributed by atoms with E-state index in [9.17, 15) is 12.8 Å². The van der Waals surface area contributed by atoms with E-state index in [-0.39, 0.29) is 12.5 Å². The fourth-order valence-corrected chi connectivity index (χ4v) is 5.82. The summed E-state index contributed by atoms with van der Waals surface area (Å²) >= 11 is 0. The van der Waals surface area contributed by atoms with Gasteiger partial charge in [0.2, 0.25) is 0 Å². The zero-order valence-electron chi connectivity index (χ0n) is 14.9. The van der Waals surface area contributed by atoms with Gasteiger partial charge in [-0.2, -0.15) is 8.42 Å². The molecule has 4 unspecified atom stereocenters. The maximum Gasteiger partial charge on any atom is 0.327 e. The van der Waals surface area contributed by atoms with Crippen LogP contribution in [0.15, 0.2) is 18.2 Å². The average molecular weight is 378 g/mol. The second kappa shape index (κ2) is 5.19. The minimum absolute atomic E-state index is 0.171. The van der Waals surface area contributed by atoms with E-state index in [1.165, 1.54) is 34.6 Å². The number of halogens is 1. The molecule has 0 radical (unpaired) electrons. The van der Waals surface area contributed by atoms with Crippen molar-refractivity contribution in [2.45, 2.75) is 50.4 Å². The summed E-state index contributed by atoms with van der Waals surface area (Å²) in [4.78, 5) is 4.68. The van der Waals surface area contributed by atoms with Gasteiger partial charge in [0.25, 0.3) is 0 Å². The molecule has 2 bridgehead atoms. The third kappa shape index (κ3) is 2.38. The van der Waals surface area contributed by atoms with E-state index in [4.69, 9.17) is 0 Å². The molecule has 8 heteroatoms. The maximum absolute atomic E-state index is 14.0. The number of anilines is 2. The number of hydrogen-bond donors (Lipinski definition) is 1. The Labute approximate surface area is 153 Å². The quantitative estimate of drug-likeness (QED) is 0.876. The molecule has 1 aliphatic carbocycles. The van der Waals surface area contributed by atoms with Crippen molar-refractivity contribution in [3.63, 3.8) is 0 Å². The first-order valence-electron chi connectivity index (χ1n) is 9.19. The second-order valence-electron chi connectivity index (χ2n) is 8.17. The molecule has 1 saturated heterocycles. The van der Waals surface area contributed by atoms with Gasteiger partial charge in [-0.05, 0) is 50.3 Å². The molecule has 2 fully saturated rings. The lowest BCUT2D eigenvalue weighted by atomic mass is 10.00. The van der Waals surface area contributed by atoms with Crippen molar-refractivity contribution in [2.75, 3.05) is 22.2 Å². The number of aromatic nitrogens is 1. The predicted octanol–water partition coefficient (Wildman–Crippen LogP) is 2.24. The number of nitrogens with one attached hydrogen (secondary N) is 1. The Hall–Kier alpha value is -1.67. The lowest BCUT2D eigenvalue weighted by Crippen LogP contribution is -2.37. The highest BCUT2D eigenvalue weighted by atomic mass is 32.2. The van der Waals surface area contributed by atoms with Gasteiger partial charge < -0.3 is 5.32 Å². The van der Waals surface area contributed by atoms with Crippen molar-refractivity contribution < 1.29 is 12.8 Å². The molecule has 140 valence electrons. The smallest absolute Gasteiger partial charge is 0.307 e. The lowest BCUT2D eigenvalue weighted by Gasteiger charge is -2.21. The van der Waals surface area contributed by atoms with Crippen LogP contribution in [0.5, 0.6) is 0 Å². The number of rotatable bonds is 3. The van der Waals surface area contributed by atoms with E-state index in [0.29, 0.717) is 30.0 Å². The summed E-state index contributed by atoms with van der Waals surface area (Å²) in [5.41, 5.74) is 1.31. The summed E-state index contributed by atoms with van der Waals surface area (Å²) in [6.45, 7) is 1.70. The summed E-state index contributed by atoms with van der Waals surface area (Å²) in [5, 5.41) is 3.55. The fourth-order valence-electron chi connectivity index (χ4n) is 4.41. The van der Waals surface area contributed by atoms with E-state index in [0.717, 1.165) is 18.5 Å². The molecule has 1 saturated carbocycles. The topological polar surface area (TPSA) is 65.5 Å². The number of fused-ring (bicyclic) bond motifs is 3. The monoisotopic (exact) mass is 378 g/mol. The predicted molar refractivity (Wildman–Crippen MR) is 99.1 cm³/mol. The van der Waals surface area contributed by atoms with Crippen LogP contribution >= 0.6 is 0 Å². The van der Waals surface area contributed by atoms with Crippen molar-refractivity contribution in [3.8, 4) is 0 Å². The number of alkyl halides is 1. The molecular weight excluding hydrogens is 355 g/mol. The second-order valence-corrected chi connectivity index (χ2v) is 10.1. The van der Waals surface area contributed by atoms with E-state index < -0.39 is 15.9 Å². The van der Waals surface area contributed by atoms with Gasteiger partial charge in [-0.1, -0.05) is 6.08 Å². The first kappa shape index (κ1) is 16.5. The third-order valence-corrected chi connectivity index (χ3v) is 8.01. The van der Waals surface area contributed by atoms with Crippen LogP contribution in [0.3, 0.4) is 0 Å². The summed E-state index contributed by atoms with van der Waals surface area (Å²) in [6, 6.07) is 4.61. The van der Waals surface area contributed by atoms with Crippen LogP contribution in [0.25, 0.3) is 5.57 Å². The van der Waals surface area contributed by atoms with Crippen LogP contribution in [0, 0.1) is 5.92 Å². The zero-order chi connectivity index (χ0) is 18.3. The molecule has 1 N–H and O–H groups in total. The molecule has 4 aliphatic rings. The molecular formula is C18H23FN4O2S. The van der Waals surface area contributed by atoms with Gasteiger partial charge in [0.1, 0.15) is 5.67 Å². The SMILES string of the molecule is CN1c2nc(C3=CC4CCC(C3)N4)ccc2N(CC2CC2(C)F)S1(=O)=O. The molecule has 0 spiro atoms. The average Bonchev–Trinajstić information content (AvgIpc) is 2.99. The Kier molecular flexibility index (Phi) is 3.30. The summed E-state index contributed by atoms with van der Waals surface area (Å²) in [7, 11) is -2.16. The molecule has 1 aromatic rings. The molecule has 1 aromatic heterocycles. The largest absolute Gasteiger partial charge is 0.327 e. The molecule has 0 aromatic carbocycles. The third-order valence-electron chi connectivity index (χ3n) is 6.24. The summed E-state index contributed by atoms with van der Waals surface area (Å²) in [6.07, 6.45) is 5.86. The number of pyridine rings is 1. The van der Waals surface area contributed by atoms with Crippen molar-refractivity contribution in [2.24, 2.45) is 5.92 Å². The van der Waals surface area contributed by atoms with Crippen LogP contribution < -0.4 is 13.9 Å². The van der Waals surface area contributed by atoms with Crippen LogP contribution in [-0.4, -0.2) is 44.7 Å². The molecule has 5 rings (SSSR count). The Morgan fingerprint density at radius 1 is 1.38 bits per heavy atom. The van der Waals surface area contributed by atoms with Gasteiger partial charge in [0.15, 0.2) is 5.82 Å². The lowest BCUT2D eigenvalue weighted by molar-refractivity contribution is 0.311. The van der Waals surface area contributed by atoms with Crippen LogP contribution in [0.2, 0.25) is 0 Å². The highest BCUT2D eigenvalue weighted by Gasteiger charge is 2.54. The van der Waals surface area contributed by atoms with Crippen molar-refractivity contribution in [3.05, 3.63) is 23.9 Å². The molecule has 4 atom stereocenters. The van der Waals surface area contributed by atoms with Gasteiger partial charge in [0.05, 0.1) is 11.4 Å². The first-order valence-corrected chi connectivity index (χ1v) is 10.6. The molecule has 3 aliphatic heterocycles. The number of nitrogens with zero attached hydrogens (tertiary/aromatic N) is 3. The first-order chi connectivity index (χ1) is 12.3. The van der Waals surface area contributed by atoms with Gasteiger partial charge in [-0.15, -0.1) is 0 Å². The van der Waals surface area contributed by atoms with Crippen molar-refractivity contribution in [1.29, 1.82) is 0 Å². The molecule has 0 amide bonds. The van der Waals surface area contributed by atoms with Crippen LogP contribution in [0.1, 0.15) is 38.3 Å². The molecule has 26 heavy (non-hydrogen) atoms. The molecule has 6 nitrogen and oxygen atoms in total. The van der Waals surface area contributed by atoms with Gasteiger partial charge in [-0.3, -0.25) is 0 Å². The fraction of sp³-hybridized carbons (Fsp3) is 0.611. The van der Waals surface area contributed by atoms with Crippen LogP contribution in [-0.2, 0) is 10.2 Å². The Bertz CT molecular complexity index is 914. The van der Waals surface area contributed by atoms with Crippen LogP contribution in [0.4, 0.5) is 15.9 Å². The zero-order valence-corrected chi connectivity index (χ0v) is 15.8. The van der Waals surface area contributed by atoms with Gasteiger partial charge in [-0.25, -0.2) is 18.0 Å². The Balaban J connectivity index is 1.49. The van der Waals surface area contributed by atoms with Crippen molar-refractivity contribution >= 4 is 27.3 Å². The minimum atomic E-state index is -3.68. The van der Waals surface area contributed by atoms with E-state index in [1.54, 1.807) is 0 Å². The van der Waals surface area contributed by atoms with Gasteiger partial charge >= 0.3 is 10.2 Å². The summed E-state index contributed by atoms with van der Waals surface area (Å²) < 4.78 is 42.1. The molecule has 4 heterocycles. The standard InChI is InChI=1S/C18H23FN4O2S/c1-18(19)9-12(18)10-23-16-6-5-15(21-17(16)22(2)26(23,24)25)11-7-13-3-4-14(8-11)20-13/h5-7,12-14,20H,3-4,8-10H2,1-2H3. The van der Waals surface area contributed by atoms with E-state index >= 15 is 0 Å². The van der Waals surface area contributed by atoms with E-state index in [1.807, 2.05) is 12.1 Å². The highest BCUT2D eigenvalue weighted by molar-refractivity contribution is 7.94. The van der Waals surface area contributed by atoms with E-state index in [2.05, 4.69) is 16.4 Å². The maximum atomic E-state index is 14.0. The van der Waals surface area contributed by atoms with Crippen molar-refractivity contribution in [1.82, 2.24) is 10.3 Å². The van der Waals surface area contributed by atoms with Gasteiger partial charge in [0, 0.05) is 31.6 Å². The normalized spacial score (nSPS) is 36.9. The minimum Gasteiger partial charge on any atom is -0.307 e.